The van der Waals surface area contributed by atoms with Crippen LogP contribution >= 0.6 is 0 Å². The van der Waals surface area contributed by atoms with Crippen LogP contribution in [0.4, 0.5) is 0 Å². The highest BCUT2D eigenvalue weighted by atomic mass is 16.5. The molecule has 1 atom stereocenters. The van der Waals surface area contributed by atoms with Gasteiger partial charge >= 0.3 is 5.97 Å². The summed E-state index contributed by atoms with van der Waals surface area (Å²) in [5.74, 6) is 1.90. The van der Waals surface area contributed by atoms with Gasteiger partial charge in [-0.1, -0.05) is 24.3 Å². The van der Waals surface area contributed by atoms with E-state index in [2.05, 4.69) is 16.1 Å². The molecule has 0 aliphatic carbocycles. The Hall–Kier alpha value is -2.87. The van der Waals surface area contributed by atoms with Crippen LogP contribution in [0.15, 0.2) is 46.6 Å². The summed E-state index contributed by atoms with van der Waals surface area (Å²) in [5, 5.41) is 19.0. The second-order valence-corrected chi connectivity index (χ2v) is 5.68. The molecule has 116 valence electrons. The van der Waals surface area contributed by atoms with E-state index >= 15 is 0 Å². The lowest BCUT2D eigenvalue weighted by molar-refractivity contribution is -0.138. The summed E-state index contributed by atoms with van der Waals surface area (Å²) in [6.07, 6.45) is 5.73. The maximum atomic E-state index is 11.1. The molecule has 0 radical (unpaired) electrons. The van der Waals surface area contributed by atoms with Crippen molar-refractivity contribution in [1.82, 2.24) is 0 Å². The summed E-state index contributed by atoms with van der Waals surface area (Å²) in [5.41, 5.74) is 0.215. The quantitative estimate of drug-likeness (QED) is 0.829. The second-order valence-electron chi connectivity index (χ2n) is 5.68. The van der Waals surface area contributed by atoms with E-state index in [4.69, 9.17) is 16.3 Å². The zero-order chi connectivity index (χ0) is 16.4. The molecule has 1 heterocycles. The van der Waals surface area contributed by atoms with E-state index in [9.17, 15) is 4.79 Å². The molecule has 0 bridgehead atoms. The Morgan fingerprint density at radius 1 is 1.30 bits per heavy atom. The SMILES string of the molecule is C#CCC1(COc2ccc3cc([C@H](C)C(=O)O)ccc3c2)N=N1. The summed E-state index contributed by atoms with van der Waals surface area (Å²) in [6.45, 7) is 2.01. The van der Waals surface area contributed by atoms with Crippen molar-refractivity contribution in [2.24, 2.45) is 10.2 Å². The molecule has 2 aromatic rings. The van der Waals surface area contributed by atoms with Crippen molar-refractivity contribution in [1.29, 1.82) is 0 Å². The first-order valence-electron chi connectivity index (χ1n) is 7.30. The Morgan fingerprint density at radius 3 is 2.65 bits per heavy atom. The Labute approximate surface area is 134 Å². The Balaban J connectivity index is 1.76. The number of fused-ring (bicyclic) bond motifs is 1. The first kappa shape index (κ1) is 15.0. The highest BCUT2D eigenvalue weighted by Crippen LogP contribution is 2.33. The Kier molecular flexibility index (Phi) is 3.75. The third-order valence-corrected chi connectivity index (χ3v) is 3.94. The van der Waals surface area contributed by atoms with Crippen LogP contribution in [0.25, 0.3) is 10.8 Å². The smallest absolute Gasteiger partial charge is 0.310 e. The molecule has 0 unspecified atom stereocenters. The number of carboxylic acid groups (broad SMARTS) is 1. The molecule has 5 heteroatoms. The molecule has 1 N–H and O–H groups in total. The van der Waals surface area contributed by atoms with Crippen molar-refractivity contribution in [3.8, 4) is 18.1 Å². The Bertz CT molecular complexity index is 830. The van der Waals surface area contributed by atoms with Gasteiger partial charge in [-0.2, -0.15) is 10.2 Å². The highest BCUT2D eigenvalue weighted by molar-refractivity contribution is 5.86. The predicted octanol–water partition coefficient (Wildman–Crippen LogP) is 3.59. The normalized spacial score (nSPS) is 15.8. The number of carbonyl (C=O) groups is 1. The molecule has 0 fully saturated rings. The molecule has 0 saturated heterocycles. The lowest BCUT2D eigenvalue weighted by Gasteiger charge is -2.12. The Morgan fingerprint density at radius 2 is 2.00 bits per heavy atom. The zero-order valence-electron chi connectivity index (χ0n) is 12.7. The van der Waals surface area contributed by atoms with Crippen molar-refractivity contribution in [2.45, 2.75) is 24.9 Å². The van der Waals surface area contributed by atoms with Gasteiger partial charge in [-0.25, -0.2) is 0 Å². The van der Waals surface area contributed by atoms with Crippen LogP contribution < -0.4 is 4.74 Å². The molecule has 2 aromatic carbocycles. The zero-order valence-corrected chi connectivity index (χ0v) is 12.7. The summed E-state index contributed by atoms with van der Waals surface area (Å²) in [7, 11) is 0. The number of rotatable bonds is 6. The maximum Gasteiger partial charge on any atom is 0.310 e. The van der Waals surface area contributed by atoms with Crippen LogP contribution in [0, 0.1) is 12.3 Å². The van der Waals surface area contributed by atoms with Gasteiger partial charge in [-0.05, 0) is 35.4 Å². The average molecular weight is 308 g/mol. The van der Waals surface area contributed by atoms with Gasteiger partial charge in [0.2, 0.25) is 5.66 Å². The fourth-order valence-corrected chi connectivity index (χ4v) is 2.36. The van der Waals surface area contributed by atoms with Gasteiger partial charge in [0, 0.05) is 0 Å². The van der Waals surface area contributed by atoms with Crippen LogP contribution in [0.5, 0.6) is 5.75 Å². The summed E-state index contributed by atoms with van der Waals surface area (Å²) >= 11 is 0. The topological polar surface area (TPSA) is 71.2 Å². The highest BCUT2D eigenvalue weighted by Gasteiger charge is 2.40. The van der Waals surface area contributed by atoms with Crippen LogP contribution in [0.2, 0.25) is 0 Å². The molecule has 23 heavy (non-hydrogen) atoms. The minimum absolute atomic E-state index is 0.330. The van der Waals surface area contributed by atoms with Crippen molar-refractivity contribution < 1.29 is 14.6 Å². The maximum absolute atomic E-state index is 11.1. The number of nitrogens with zero attached hydrogens (tertiary/aromatic N) is 2. The van der Waals surface area contributed by atoms with Gasteiger partial charge < -0.3 is 9.84 Å². The molecule has 3 rings (SSSR count). The van der Waals surface area contributed by atoms with Gasteiger partial charge in [0.15, 0.2) is 0 Å². The lowest BCUT2D eigenvalue weighted by Crippen LogP contribution is -2.20. The predicted molar refractivity (Wildman–Crippen MR) is 86.5 cm³/mol. The molecule has 0 saturated carbocycles. The van der Waals surface area contributed by atoms with Crippen molar-refractivity contribution in [3.63, 3.8) is 0 Å². The number of benzene rings is 2. The van der Waals surface area contributed by atoms with Crippen molar-refractivity contribution in [3.05, 3.63) is 42.0 Å². The molecule has 0 spiro atoms. The summed E-state index contributed by atoms with van der Waals surface area (Å²) in [4.78, 5) is 11.1. The summed E-state index contributed by atoms with van der Waals surface area (Å²) < 4.78 is 5.73. The fraction of sp³-hybridized carbons (Fsp3) is 0.278. The largest absolute Gasteiger partial charge is 0.489 e. The van der Waals surface area contributed by atoms with Gasteiger partial charge in [0.1, 0.15) is 12.4 Å². The monoisotopic (exact) mass is 308 g/mol. The number of hydrogen-bond donors (Lipinski definition) is 1. The van der Waals surface area contributed by atoms with Crippen LogP contribution in [0.1, 0.15) is 24.8 Å². The summed E-state index contributed by atoms with van der Waals surface area (Å²) in [6, 6.07) is 11.3. The molecule has 5 nitrogen and oxygen atoms in total. The first-order valence-corrected chi connectivity index (χ1v) is 7.30. The number of terminal acetylenes is 1. The van der Waals surface area contributed by atoms with Crippen molar-refractivity contribution in [2.75, 3.05) is 6.61 Å². The second kappa shape index (κ2) is 5.73. The van der Waals surface area contributed by atoms with Gasteiger partial charge in [0.25, 0.3) is 0 Å². The number of hydrogen-bond acceptors (Lipinski definition) is 4. The molecule has 0 aromatic heterocycles. The van der Waals surface area contributed by atoms with Crippen LogP contribution in [0.3, 0.4) is 0 Å². The van der Waals surface area contributed by atoms with E-state index in [0.29, 0.717) is 18.8 Å². The standard InChI is InChI=1S/C18H16N2O3/c1-3-8-18(19-20-18)11-23-16-7-6-14-9-13(12(2)17(21)22)4-5-15(14)10-16/h1,4-7,9-10,12H,8,11H2,2H3,(H,21,22)/t12-/m0/s1. The van der Waals surface area contributed by atoms with E-state index in [1.54, 1.807) is 6.92 Å². The number of ether oxygens (including phenoxy) is 1. The molecule has 1 aliphatic heterocycles. The molecule has 0 amide bonds. The first-order chi connectivity index (χ1) is 11.0. The van der Waals surface area contributed by atoms with E-state index < -0.39 is 17.6 Å². The third kappa shape index (κ3) is 3.16. The van der Waals surface area contributed by atoms with E-state index in [0.717, 1.165) is 16.3 Å². The van der Waals surface area contributed by atoms with Crippen LogP contribution in [-0.4, -0.2) is 23.3 Å². The molecular formula is C18H16N2O3. The van der Waals surface area contributed by atoms with Gasteiger partial charge in [-0.15, -0.1) is 12.3 Å². The van der Waals surface area contributed by atoms with E-state index in [-0.39, 0.29) is 0 Å². The number of aliphatic carboxylic acids is 1. The van der Waals surface area contributed by atoms with E-state index in [1.807, 2.05) is 36.4 Å². The minimum Gasteiger partial charge on any atom is -0.489 e. The van der Waals surface area contributed by atoms with Gasteiger partial charge in [-0.3, -0.25) is 4.79 Å². The lowest BCUT2D eigenvalue weighted by atomic mass is 9.98. The molecular weight excluding hydrogens is 292 g/mol. The van der Waals surface area contributed by atoms with Crippen molar-refractivity contribution >= 4 is 16.7 Å². The van der Waals surface area contributed by atoms with Crippen LogP contribution in [-0.2, 0) is 4.79 Å². The molecule has 1 aliphatic rings. The fourth-order valence-electron chi connectivity index (χ4n) is 2.36. The third-order valence-electron chi connectivity index (χ3n) is 3.94. The van der Waals surface area contributed by atoms with E-state index in [1.165, 1.54) is 0 Å². The van der Waals surface area contributed by atoms with Gasteiger partial charge in [0.05, 0.1) is 12.3 Å². The minimum atomic E-state index is -0.833. The number of carboxylic acids is 1. The average Bonchev–Trinajstić information content (AvgIpc) is 3.32.